The summed E-state index contributed by atoms with van der Waals surface area (Å²) in [7, 11) is 0. The molecule has 1 N–H and O–H groups in total. The third-order valence-electron chi connectivity index (χ3n) is 5.99. The molecular formula is C21H29N5O. The van der Waals surface area contributed by atoms with Crippen molar-refractivity contribution in [2.45, 2.75) is 38.8 Å². The maximum absolute atomic E-state index is 12.4. The predicted octanol–water partition coefficient (Wildman–Crippen LogP) is 2.08. The number of benzene rings is 1. The second-order valence-corrected chi connectivity index (χ2v) is 7.59. The van der Waals surface area contributed by atoms with Gasteiger partial charge in [-0.05, 0) is 37.3 Å². The van der Waals surface area contributed by atoms with Crippen LogP contribution in [0.4, 0.5) is 4.79 Å². The standard InChI is InChI=1S/C21H29N5O/c1-17-22-8-10-24(17)11-9-23-21(27)26-14-12-25(13-15-26)20-7-6-18-4-2-3-5-19(18)16-20/h2-5,8,10,20H,6-7,9,11-16H2,1H3,(H,23,27). The summed E-state index contributed by atoms with van der Waals surface area (Å²) in [5.41, 5.74) is 3.02. The van der Waals surface area contributed by atoms with Crippen molar-refractivity contribution < 1.29 is 4.79 Å². The number of urea groups is 1. The minimum absolute atomic E-state index is 0.0569. The fourth-order valence-electron chi connectivity index (χ4n) is 4.32. The first-order chi connectivity index (χ1) is 13.2. The highest BCUT2D eigenvalue weighted by atomic mass is 16.2. The van der Waals surface area contributed by atoms with Crippen LogP contribution in [0.15, 0.2) is 36.7 Å². The molecule has 0 bridgehead atoms. The lowest BCUT2D eigenvalue weighted by Gasteiger charge is -2.41. The second-order valence-electron chi connectivity index (χ2n) is 7.59. The molecule has 1 atom stereocenters. The van der Waals surface area contributed by atoms with Crippen LogP contribution in [-0.2, 0) is 19.4 Å². The lowest BCUT2D eigenvalue weighted by Crippen LogP contribution is -2.55. The number of amides is 2. The van der Waals surface area contributed by atoms with Crippen molar-refractivity contribution in [3.8, 4) is 0 Å². The summed E-state index contributed by atoms with van der Waals surface area (Å²) in [5, 5.41) is 3.05. The van der Waals surface area contributed by atoms with Crippen LogP contribution in [-0.4, -0.2) is 64.1 Å². The van der Waals surface area contributed by atoms with Gasteiger partial charge in [-0.1, -0.05) is 24.3 Å². The zero-order valence-corrected chi connectivity index (χ0v) is 16.1. The quantitative estimate of drug-likeness (QED) is 0.900. The summed E-state index contributed by atoms with van der Waals surface area (Å²) >= 11 is 0. The van der Waals surface area contributed by atoms with Gasteiger partial charge in [-0.25, -0.2) is 9.78 Å². The molecule has 1 saturated heterocycles. The number of aryl methyl sites for hydroxylation is 2. The molecule has 2 aliphatic rings. The van der Waals surface area contributed by atoms with Crippen LogP contribution in [0.25, 0.3) is 0 Å². The van der Waals surface area contributed by atoms with E-state index in [0.29, 0.717) is 12.6 Å². The van der Waals surface area contributed by atoms with Crippen LogP contribution >= 0.6 is 0 Å². The number of imidazole rings is 1. The SMILES string of the molecule is Cc1nccn1CCNC(=O)N1CCN(C2CCc3ccccc3C2)CC1. The Morgan fingerprint density at radius 3 is 2.70 bits per heavy atom. The highest BCUT2D eigenvalue weighted by Gasteiger charge is 2.28. The molecule has 1 unspecified atom stereocenters. The molecule has 1 aromatic heterocycles. The van der Waals surface area contributed by atoms with E-state index in [4.69, 9.17) is 0 Å². The highest BCUT2D eigenvalue weighted by Crippen LogP contribution is 2.25. The largest absolute Gasteiger partial charge is 0.336 e. The molecule has 1 aromatic carbocycles. The molecule has 4 rings (SSSR count). The summed E-state index contributed by atoms with van der Waals surface area (Å²) in [6.45, 7) is 6.95. The maximum Gasteiger partial charge on any atom is 0.317 e. The third kappa shape index (κ3) is 4.16. The number of rotatable bonds is 4. The minimum Gasteiger partial charge on any atom is -0.336 e. The van der Waals surface area contributed by atoms with E-state index < -0.39 is 0 Å². The van der Waals surface area contributed by atoms with Gasteiger partial charge >= 0.3 is 6.03 Å². The normalized spacial score (nSPS) is 20.3. The van der Waals surface area contributed by atoms with Crippen molar-refractivity contribution in [3.63, 3.8) is 0 Å². The van der Waals surface area contributed by atoms with E-state index in [0.717, 1.165) is 45.0 Å². The molecular weight excluding hydrogens is 338 g/mol. The molecule has 6 heteroatoms. The van der Waals surface area contributed by atoms with Gasteiger partial charge in [-0.3, -0.25) is 4.90 Å². The molecule has 1 fully saturated rings. The molecule has 144 valence electrons. The van der Waals surface area contributed by atoms with Gasteiger partial charge in [-0.2, -0.15) is 0 Å². The average Bonchev–Trinajstić information content (AvgIpc) is 3.12. The molecule has 6 nitrogen and oxygen atoms in total. The Morgan fingerprint density at radius 2 is 1.96 bits per heavy atom. The van der Waals surface area contributed by atoms with Gasteiger partial charge in [0.15, 0.2) is 0 Å². The van der Waals surface area contributed by atoms with Gasteiger partial charge in [0.2, 0.25) is 0 Å². The number of aromatic nitrogens is 2. The Labute approximate surface area is 161 Å². The molecule has 27 heavy (non-hydrogen) atoms. The molecule has 2 amide bonds. The maximum atomic E-state index is 12.4. The van der Waals surface area contributed by atoms with Gasteiger partial charge in [-0.15, -0.1) is 0 Å². The molecule has 1 aliphatic carbocycles. The number of nitrogens with one attached hydrogen (secondary N) is 1. The summed E-state index contributed by atoms with van der Waals surface area (Å²) < 4.78 is 2.05. The smallest absolute Gasteiger partial charge is 0.317 e. The number of hydrogen-bond donors (Lipinski definition) is 1. The zero-order valence-electron chi connectivity index (χ0n) is 16.1. The van der Waals surface area contributed by atoms with Crippen molar-refractivity contribution in [1.82, 2.24) is 24.7 Å². The minimum atomic E-state index is 0.0569. The Morgan fingerprint density at radius 1 is 1.19 bits per heavy atom. The summed E-state index contributed by atoms with van der Waals surface area (Å²) in [4.78, 5) is 21.2. The van der Waals surface area contributed by atoms with Gasteiger partial charge in [0.1, 0.15) is 5.82 Å². The van der Waals surface area contributed by atoms with Gasteiger partial charge in [0, 0.05) is 57.7 Å². The average molecular weight is 367 g/mol. The van der Waals surface area contributed by atoms with E-state index in [2.05, 4.69) is 44.0 Å². The Hall–Kier alpha value is -2.34. The summed E-state index contributed by atoms with van der Waals surface area (Å²) in [5.74, 6) is 0.979. The predicted molar refractivity (Wildman–Crippen MR) is 106 cm³/mol. The second kappa shape index (κ2) is 8.13. The highest BCUT2D eigenvalue weighted by molar-refractivity contribution is 5.74. The van der Waals surface area contributed by atoms with Gasteiger partial charge in [0.05, 0.1) is 0 Å². The number of fused-ring (bicyclic) bond motifs is 1. The van der Waals surface area contributed by atoms with Gasteiger partial charge in [0.25, 0.3) is 0 Å². The van der Waals surface area contributed by atoms with Crippen LogP contribution in [0.5, 0.6) is 0 Å². The van der Waals surface area contributed by atoms with Crippen molar-refractivity contribution >= 4 is 6.03 Å². The molecule has 2 heterocycles. The van der Waals surface area contributed by atoms with Crippen molar-refractivity contribution in [2.24, 2.45) is 0 Å². The van der Waals surface area contributed by atoms with Crippen molar-refractivity contribution in [1.29, 1.82) is 0 Å². The van der Waals surface area contributed by atoms with E-state index in [-0.39, 0.29) is 6.03 Å². The molecule has 0 spiro atoms. The molecule has 0 radical (unpaired) electrons. The summed E-state index contributed by atoms with van der Waals surface area (Å²) in [6, 6.07) is 9.50. The van der Waals surface area contributed by atoms with Crippen molar-refractivity contribution in [2.75, 3.05) is 32.7 Å². The molecule has 1 aliphatic heterocycles. The lowest BCUT2D eigenvalue weighted by atomic mass is 9.87. The number of carbonyl (C=O) groups is 1. The fourth-order valence-corrected chi connectivity index (χ4v) is 4.32. The van der Waals surface area contributed by atoms with E-state index in [1.807, 2.05) is 18.0 Å². The van der Waals surface area contributed by atoms with E-state index >= 15 is 0 Å². The first kappa shape index (κ1) is 18.0. The number of piperazine rings is 1. The van der Waals surface area contributed by atoms with E-state index in [1.54, 1.807) is 6.20 Å². The molecule has 2 aromatic rings. The molecule has 0 saturated carbocycles. The van der Waals surface area contributed by atoms with Crippen LogP contribution in [0.1, 0.15) is 23.4 Å². The van der Waals surface area contributed by atoms with Crippen molar-refractivity contribution in [3.05, 3.63) is 53.6 Å². The lowest BCUT2D eigenvalue weighted by molar-refractivity contribution is 0.101. The number of nitrogens with zero attached hydrogens (tertiary/aromatic N) is 4. The van der Waals surface area contributed by atoms with E-state index in [1.165, 1.54) is 24.0 Å². The van der Waals surface area contributed by atoms with Crippen LogP contribution < -0.4 is 5.32 Å². The van der Waals surface area contributed by atoms with Gasteiger partial charge < -0.3 is 14.8 Å². The summed E-state index contributed by atoms with van der Waals surface area (Å²) in [6.07, 6.45) is 7.29. The van der Waals surface area contributed by atoms with Crippen LogP contribution in [0, 0.1) is 6.92 Å². The first-order valence-corrected chi connectivity index (χ1v) is 10.0. The number of hydrogen-bond acceptors (Lipinski definition) is 3. The Balaban J connectivity index is 1.22. The monoisotopic (exact) mass is 367 g/mol. The first-order valence-electron chi connectivity index (χ1n) is 10.0. The van der Waals surface area contributed by atoms with Crippen LogP contribution in [0.3, 0.4) is 0 Å². The fraction of sp³-hybridized carbons (Fsp3) is 0.524. The Bertz CT molecular complexity index is 778. The number of carbonyl (C=O) groups excluding carboxylic acids is 1. The van der Waals surface area contributed by atoms with Crippen LogP contribution in [0.2, 0.25) is 0 Å². The topological polar surface area (TPSA) is 53.4 Å². The third-order valence-corrected chi connectivity index (χ3v) is 5.99. The van der Waals surface area contributed by atoms with E-state index in [9.17, 15) is 4.79 Å². The zero-order chi connectivity index (χ0) is 18.6. The Kier molecular flexibility index (Phi) is 5.43.